The summed E-state index contributed by atoms with van der Waals surface area (Å²) in [7, 11) is 1.78. The van der Waals surface area contributed by atoms with Gasteiger partial charge in [-0.25, -0.2) is 0 Å². The molecule has 1 heterocycles. The highest BCUT2D eigenvalue weighted by molar-refractivity contribution is 14.0. The van der Waals surface area contributed by atoms with Crippen molar-refractivity contribution in [1.82, 2.24) is 15.5 Å². The molecule has 0 saturated carbocycles. The Bertz CT molecular complexity index is 875. The second kappa shape index (κ2) is 14.2. The molecule has 3 rings (SSSR count). The predicted molar refractivity (Wildman–Crippen MR) is 148 cm³/mol. The molecule has 2 aromatic rings. The Morgan fingerprint density at radius 2 is 1.39 bits per heavy atom. The number of anilines is 1. The van der Waals surface area contributed by atoms with E-state index in [1.54, 1.807) is 7.05 Å². The van der Waals surface area contributed by atoms with E-state index in [1.165, 1.54) is 43.5 Å². The molecule has 1 amide bonds. The molecule has 180 valence electrons. The van der Waals surface area contributed by atoms with Crippen molar-refractivity contribution in [3.63, 3.8) is 0 Å². The number of nitrogens with one attached hydrogen (secondary N) is 3. The molecule has 0 spiro atoms. The third-order valence-electron chi connectivity index (χ3n) is 5.77. The van der Waals surface area contributed by atoms with Crippen molar-refractivity contribution < 1.29 is 4.79 Å². The van der Waals surface area contributed by atoms with Gasteiger partial charge >= 0.3 is 0 Å². The van der Waals surface area contributed by atoms with Gasteiger partial charge in [-0.15, -0.1) is 24.0 Å². The van der Waals surface area contributed by atoms with Gasteiger partial charge in [0.25, 0.3) is 0 Å². The second-order valence-electron chi connectivity index (χ2n) is 8.77. The molecule has 0 aromatic heterocycles. The molecule has 1 aliphatic heterocycles. The number of halogens is 1. The van der Waals surface area contributed by atoms with E-state index in [0.29, 0.717) is 6.54 Å². The normalized spacial score (nSPS) is 14.5. The van der Waals surface area contributed by atoms with Crippen LogP contribution in [-0.2, 0) is 24.4 Å². The molecular formula is C26H38IN5O. The largest absolute Gasteiger partial charge is 0.352 e. The van der Waals surface area contributed by atoms with Crippen molar-refractivity contribution in [1.29, 1.82) is 0 Å². The minimum Gasteiger partial charge on any atom is -0.352 e. The summed E-state index contributed by atoms with van der Waals surface area (Å²) in [6, 6.07) is 16.8. The van der Waals surface area contributed by atoms with E-state index in [0.717, 1.165) is 30.3 Å². The molecule has 1 aliphatic rings. The lowest BCUT2D eigenvalue weighted by atomic mass is 10.1. The summed E-state index contributed by atoms with van der Waals surface area (Å²) in [4.78, 5) is 18.7. The number of carbonyl (C=O) groups excluding carboxylic acids is 1. The SMILES string of the molecule is CN=C(NCc1ccc(CN2CCCCC2)cc1)NCc1ccc(NC(=O)C(C)C)cc1.I. The molecule has 0 atom stereocenters. The maximum absolute atomic E-state index is 11.8. The lowest BCUT2D eigenvalue weighted by molar-refractivity contribution is -0.118. The van der Waals surface area contributed by atoms with Crippen LogP contribution >= 0.6 is 24.0 Å². The molecule has 0 radical (unpaired) electrons. The van der Waals surface area contributed by atoms with Gasteiger partial charge in [-0.1, -0.05) is 56.7 Å². The van der Waals surface area contributed by atoms with Crippen molar-refractivity contribution >= 4 is 41.5 Å². The highest BCUT2D eigenvalue weighted by atomic mass is 127. The first kappa shape index (κ1) is 27.1. The van der Waals surface area contributed by atoms with E-state index in [9.17, 15) is 4.79 Å². The fourth-order valence-corrected chi connectivity index (χ4v) is 3.72. The zero-order valence-corrected chi connectivity index (χ0v) is 22.4. The number of guanidine groups is 1. The fourth-order valence-electron chi connectivity index (χ4n) is 3.72. The Balaban J connectivity index is 0.00000385. The highest BCUT2D eigenvalue weighted by Gasteiger charge is 2.10. The molecule has 33 heavy (non-hydrogen) atoms. The highest BCUT2D eigenvalue weighted by Crippen LogP contribution is 2.14. The van der Waals surface area contributed by atoms with E-state index in [1.807, 2.05) is 38.1 Å². The van der Waals surface area contributed by atoms with Gasteiger partial charge in [0.2, 0.25) is 5.91 Å². The molecule has 1 saturated heterocycles. The summed E-state index contributed by atoms with van der Waals surface area (Å²) in [6.45, 7) is 8.65. The number of likely N-dealkylation sites (tertiary alicyclic amines) is 1. The van der Waals surface area contributed by atoms with Crippen LogP contribution in [0.4, 0.5) is 5.69 Å². The molecule has 1 fully saturated rings. The summed E-state index contributed by atoms with van der Waals surface area (Å²) in [6.07, 6.45) is 4.03. The van der Waals surface area contributed by atoms with E-state index in [2.05, 4.69) is 50.1 Å². The second-order valence-corrected chi connectivity index (χ2v) is 8.77. The van der Waals surface area contributed by atoms with Gasteiger partial charge in [-0.2, -0.15) is 0 Å². The standard InChI is InChI=1S/C26H37N5O.HI/c1-20(2)25(32)30-24-13-11-22(12-14-24)18-29-26(27-3)28-17-21-7-9-23(10-8-21)19-31-15-5-4-6-16-31;/h7-14,20H,4-6,15-19H2,1-3H3,(H,30,32)(H2,27,28,29);1H. The molecule has 2 aromatic carbocycles. The lowest BCUT2D eigenvalue weighted by Gasteiger charge is -2.26. The van der Waals surface area contributed by atoms with E-state index < -0.39 is 0 Å². The van der Waals surface area contributed by atoms with Gasteiger partial charge in [0.05, 0.1) is 0 Å². The Morgan fingerprint density at radius 3 is 1.91 bits per heavy atom. The fraction of sp³-hybridized carbons (Fsp3) is 0.462. The van der Waals surface area contributed by atoms with Crippen LogP contribution in [-0.4, -0.2) is 36.9 Å². The summed E-state index contributed by atoms with van der Waals surface area (Å²) in [5.74, 6) is 0.760. The zero-order valence-electron chi connectivity index (χ0n) is 20.1. The topological polar surface area (TPSA) is 68.8 Å². The van der Waals surface area contributed by atoms with Crippen molar-refractivity contribution in [2.24, 2.45) is 10.9 Å². The van der Waals surface area contributed by atoms with Crippen LogP contribution in [0.2, 0.25) is 0 Å². The number of hydrogen-bond donors (Lipinski definition) is 3. The summed E-state index contributed by atoms with van der Waals surface area (Å²) < 4.78 is 0. The van der Waals surface area contributed by atoms with Crippen LogP contribution in [0.5, 0.6) is 0 Å². The number of hydrogen-bond acceptors (Lipinski definition) is 3. The molecule has 6 nitrogen and oxygen atoms in total. The lowest BCUT2D eigenvalue weighted by Crippen LogP contribution is -2.36. The first-order valence-electron chi connectivity index (χ1n) is 11.7. The quantitative estimate of drug-likeness (QED) is 0.247. The Labute approximate surface area is 215 Å². The number of carbonyl (C=O) groups is 1. The summed E-state index contributed by atoms with van der Waals surface area (Å²) >= 11 is 0. The third-order valence-corrected chi connectivity index (χ3v) is 5.77. The third kappa shape index (κ3) is 9.33. The van der Waals surface area contributed by atoms with Crippen molar-refractivity contribution in [3.05, 3.63) is 65.2 Å². The van der Waals surface area contributed by atoms with E-state index >= 15 is 0 Å². The van der Waals surface area contributed by atoms with Crippen LogP contribution in [0, 0.1) is 5.92 Å². The van der Waals surface area contributed by atoms with E-state index in [4.69, 9.17) is 0 Å². The Kier molecular flexibility index (Phi) is 11.7. The number of nitrogens with zero attached hydrogens (tertiary/aromatic N) is 2. The van der Waals surface area contributed by atoms with Gasteiger partial charge in [0, 0.05) is 38.3 Å². The maximum Gasteiger partial charge on any atom is 0.226 e. The number of aliphatic imine (C=N–C) groups is 1. The minimum atomic E-state index is -0.0309. The number of piperidine rings is 1. The Hall–Kier alpha value is -2.13. The summed E-state index contributed by atoms with van der Waals surface area (Å²) in [5.41, 5.74) is 4.56. The monoisotopic (exact) mass is 563 g/mol. The van der Waals surface area contributed by atoms with Crippen molar-refractivity contribution in [2.45, 2.75) is 52.7 Å². The molecule has 0 unspecified atom stereocenters. The average Bonchev–Trinajstić information content (AvgIpc) is 2.82. The van der Waals surface area contributed by atoms with E-state index in [-0.39, 0.29) is 35.8 Å². The number of rotatable bonds is 8. The van der Waals surface area contributed by atoms with Crippen LogP contribution in [0.1, 0.15) is 49.8 Å². The first-order valence-corrected chi connectivity index (χ1v) is 11.7. The van der Waals surface area contributed by atoms with Crippen molar-refractivity contribution in [3.8, 4) is 0 Å². The van der Waals surface area contributed by atoms with Crippen LogP contribution < -0.4 is 16.0 Å². The number of amides is 1. The molecule has 0 aliphatic carbocycles. The van der Waals surface area contributed by atoms with Gasteiger partial charge in [0.1, 0.15) is 0 Å². The summed E-state index contributed by atoms with van der Waals surface area (Å²) in [5, 5.41) is 9.63. The van der Waals surface area contributed by atoms with Gasteiger partial charge < -0.3 is 16.0 Å². The number of benzene rings is 2. The van der Waals surface area contributed by atoms with Crippen LogP contribution in [0.15, 0.2) is 53.5 Å². The molecule has 7 heteroatoms. The predicted octanol–water partition coefficient (Wildman–Crippen LogP) is 4.75. The van der Waals surface area contributed by atoms with Gasteiger partial charge in [-0.05, 0) is 54.8 Å². The van der Waals surface area contributed by atoms with Crippen molar-refractivity contribution in [2.75, 3.05) is 25.5 Å². The minimum absolute atomic E-state index is 0. The molecule has 3 N–H and O–H groups in total. The van der Waals surface area contributed by atoms with Crippen LogP contribution in [0.3, 0.4) is 0 Å². The smallest absolute Gasteiger partial charge is 0.226 e. The first-order chi connectivity index (χ1) is 15.5. The maximum atomic E-state index is 11.8. The Morgan fingerprint density at radius 1 is 0.879 bits per heavy atom. The zero-order chi connectivity index (χ0) is 22.8. The molecular weight excluding hydrogens is 525 g/mol. The van der Waals surface area contributed by atoms with Crippen LogP contribution in [0.25, 0.3) is 0 Å². The van der Waals surface area contributed by atoms with Gasteiger partial charge in [-0.3, -0.25) is 14.7 Å². The van der Waals surface area contributed by atoms with Gasteiger partial charge in [0.15, 0.2) is 5.96 Å². The average molecular weight is 564 g/mol. The molecule has 0 bridgehead atoms.